The summed E-state index contributed by atoms with van der Waals surface area (Å²) in [7, 11) is 0. The molecule has 0 saturated heterocycles. The molecule has 0 aliphatic heterocycles. The number of hydrogen-bond donors (Lipinski definition) is 0. The van der Waals surface area contributed by atoms with E-state index in [-0.39, 0.29) is 0 Å². The van der Waals surface area contributed by atoms with Gasteiger partial charge in [-0.25, -0.2) is 4.98 Å². The van der Waals surface area contributed by atoms with Crippen LogP contribution in [0.3, 0.4) is 0 Å². The first kappa shape index (κ1) is 10.6. The van der Waals surface area contributed by atoms with E-state index in [2.05, 4.69) is 27.0 Å². The van der Waals surface area contributed by atoms with Crippen LogP contribution in [0.1, 0.15) is 11.3 Å². The molecule has 0 N–H and O–H groups in total. The summed E-state index contributed by atoms with van der Waals surface area (Å²) in [6.45, 7) is 3.98. The first-order chi connectivity index (χ1) is 8.13. The summed E-state index contributed by atoms with van der Waals surface area (Å²) in [5, 5.41) is 0. The standard InChI is InChI=1S/C13H11BrN2O/c1-8-5-10(14)6-16-7-11(15-13(8)16)12-4-3-9(2)17-12/h3-7H,1-2H3. The van der Waals surface area contributed by atoms with Gasteiger partial charge in [-0.15, -0.1) is 0 Å². The van der Waals surface area contributed by atoms with Crippen molar-refractivity contribution in [1.82, 2.24) is 9.38 Å². The lowest BCUT2D eigenvalue weighted by Crippen LogP contribution is -1.86. The maximum Gasteiger partial charge on any atom is 0.154 e. The quantitative estimate of drug-likeness (QED) is 0.679. The van der Waals surface area contributed by atoms with E-state index in [1.165, 1.54) is 0 Å². The fourth-order valence-corrected chi connectivity index (χ4v) is 2.48. The molecule has 3 rings (SSSR count). The van der Waals surface area contributed by atoms with Crippen LogP contribution in [0.2, 0.25) is 0 Å². The monoisotopic (exact) mass is 290 g/mol. The smallest absolute Gasteiger partial charge is 0.154 e. The van der Waals surface area contributed by atoms with Crippen LogP contribution in [-0.4, -0.2) is 9.38 Å². The van der Waals surface area contributed by atoms with Crippen LogP contribution < -0.4 is 0 Å². The van der Waals surface area contributed by atoms with Crippen LogP contribution in [0.25, 0.3) is 17.1 Å². The minimum atomic E-state index is 0.807. The summed E-state index contributed by atoms with van der Waals surface area (Å²) in [6, 6.07) is 5.95. The van der Waals surface area contributed by atoms with E-state index in [1.807, 2.05) is 42.8 Å². The second-order valence-corrected chi connectivity index (χ2v) is 5.02. The molecular weight excluding hydrogens is 280 g/mol. The first-order valence-corrected chi connectivity index (χ1v) is 6.14. The molecule has 0 aliphatic carbocycles. The van der Waals surface area contributed by atoms with E-state index in [4.69, 9.17) is 4.42 Å². The number of furan rings is 1. The summed E-state index contributed by atoms with van der Waals surface area (Å²) >= 11 is 3.48. The summed E-state index contributed by atoms with van der Waals surface area (Å²) in [5.41, 5.74) is 2.95. The molecule has 0 unspecified atom stereocenters. The number of aromatic nitrogens is 2. The Hall–Kier alpha value is -1.55. The molecule has 86 valence electrons. The molecule has 4 heteroatoms. The Balaban J connectivity index is 2.23. The van der Waals surface area contributed by atoms with Gasteiger partial charge in [0.15, 0.2) is 5.76 Å². The van der Waals surface area contributed by atoms with Gasteiger partial charge in [0, 0.05) is 16.9 Å². The Morgan fingerprint density at radius 2 is 2.06 bits per heavy atom. The molecular formula is C13H11BrN2O. The van der Waals surface area contributed by atoms with E-state index in [0.717, 1.165) is 32.9 Å². The van der Waals surface area contributed by atoms with E-state index in [9.17, 15) is 0 Å². The predicted octanol–water partition coefficient (Wildman–Crippen LogP) is 3.97. The van der Waals surface area contributed by atoms with Gasteiger partial charge >= 0.3 is 0 Å². The lowest BCUT2D eigenvalue weighted by Gasteiger charge is -1.97. The first-order valence-electron chi connectivity index (χ1n) is 5.35. The van der Waals surface area contributed by atoms with Gasteiger partial charge < -0.3 is 8.82 Å². The average Bonchev–Trinajstić information content (AvgIpc) is 2.83. The maximum absolute atomic E-state index is 5.58. The Morgan fingerprint density at radius 3 is 2.76 bits per heavy atom. The second-order valence-electron chi connectivity index (χ2n) is 4.11. The highest BCUT2D eigenvalue weighted by atomic mass is 79.9. The molecule has 0 bridgehead atoms. The largest absolute Gasteiger partial charge is 0.460 e. The third kappa shape index (κ3) is 1.78. The summed E-state index contributed by atoms with van der Waals surface area (Å²) in [6.07, 6.45) is 3.97. The maximum atomic E-state index is 5.58. The van der Waals surface area contributed by atoms with Gasteiger partial charge in [0.2, 0.25) is 0 Å². The minimum Gasteiger partial charge on any atom is -0.460 e. The van der Waals surface area contributed by atoms with Crippen molar-refractivity contribution in [2.24, 2.45) is 0 Å². The number of nitrogens with zero attached hydrogens (tertiary/aromatic N) is 2. The molecule has 3 heterocycles. The van der Waals surface area contributed by atoms with Gasteiger partial charge in [0.25, 0.3) is 0 Å². The van der Waals surface area contributed by atoms with E-state index in [0.29, 0.717) is 0 Å². The topological polar surface area (TPSA) is 30.4 Å². The highest BCUT2D eigenvalue weighted by Gasteiger charge is 2.09. The second kappa shape index (κ2) is 3.74. The van der Waals surface area contributed by atoms with Gasteiger partial charge in [-0.3, -0.25) is 0 Å². The Labute approximate surface area is 107 Å². The van der Waals surface area contributed by atoms with Crippen LogP contribution in [0.4, 0.5) is 0 Å². The van der Waals surface area contributed by atoms with Crippen LogP contribution in [0.5, 0.6) is 0 Å². The van der Waals surface area contributed by atoms with Crippen LogP contribution >= 0.6 is 15.9 Å². The molecule has 0 spiro atoms. The van der Waals surface area contributed by atoms with Gasteiger partial charge in [-0.05, 0) is 53.5 Å². The minimum absolute atomic E-state index is 0.807. The van der Waals surface area contributed by atoms with Crippen molar-refractivity contribution in [2.45, 2.75) is 13.8 Å². The lowest BCUT2D eigenvalue weighted by atomic mass is 10.3. The average molecular weight is 291 g/mol. The molecule has 0 amide bonds. The number of fused-ring (bicyclic) bond motifs is 1. The molecule has 17 heavy (non-hydrogen) atoms. The predicted molar refractivity (Wildman–Crippen MR) is 70.1 cm³/mol. The van der Waals surface area contributed by atoms with Crippen molar-refractivity contribution in [1.29, 1.82) is 0 Å². The van der Waals surface area contributed by atoms with E-state index >= 15 is 0 Å². The molecule has 0 atom stereocenters. The summed E-state index contributed by atoms with van der Waals surface area (Å²) in [5.74, 6) is 1.71. The normalized spacial score (nSPS) is 11.2. The lowest BCUT2D eigenvalue weighted by molar-refractivity contribution is 0.547. The molecule has 0 fully saturated rings. The zero-order valence-corrected chi connectivity index (χ0v) is 11.2. The van der Waals surface area contributed by atoms with Gasteiger partial charge in [-0.1, -0.05) is 0 Å². The Kier molecular flexibility index (Phi) is 2.33. The molecule has 3 nitrogen and oxygen atoms in total. The molecule has 0 radical (unpaired) electrons. The number of halogens is 1. The molecule has 0 saturated carbocycles. The van der Waals surface area contributed by atoms with Crippen molar-refractivity contribution >= 4 is 21.6 Å². The highest BCUT2D eigenvalue weighted by Crippen LogP contribution is 2.24. The zero-order chi connectivity index (χ0) is 12.0. The molecule has 3 aromatic heterocycles. The van der Waals surface area contributed by atoms with Crippen LogP contribution in [-0.2, 0) is 0 Å². The van der Waals surface area contributed by atoms with Gasteiger partial charge in [0.05, 0.1) is 0 Å². The van der Waals surface area contributed by atoms with E-state index in [1.54, 1.807) is 0 Å². The Bertz CT molecular complexity index is 697. The number of imidazole rings is 1. The van der Waals surface area contributed by atoms with Crippen molar-refractivity contribution < 1.29 is 4.42 Å². The molecule has 0 aliphatic rings. The van der Waals surface area contributed by atoms with Gasteiger partial charge in [-0.2, -0.15) is 0 Å². The van der Waals surface area contributed by atoms with Crippen molar-refractivity contribution in [3.8, 4) is 11.5 Å². The number of pyridine rings is 1. The molecule has 0 aromatic carbocycles. The van der Waals surface area contributed by atoms with Gasteiger partial charge in [0.1, 0.15) is 17.1 Å². The highest BCUT2D eigenvalue weighted by molar-refractivity contribution is 9.10. The van der Waals surface area contributed by atoms with Crippen molar-refractivity contribution in [3.05, 3.63) is 46.4 Å². The van der Waals surface area contributed by atoms with Crippen molar-refractivity contribution in [2.75, 3.05) is 0 Å². The summed E-state index contributed by atoms with van der Waals surface area (Å²) < 4.78 is 8.63. The van der Waals surface area contributed by atoms with Crippen LogP contribution in [0, 0.1) is 13.8 Å². The Morgan fingerprint density at radius 1 is 1.24 bits per heavy atom. The third-order valence-corrected chi connectivity index (χ3v) is 3.13. The SMILES string of the molecule is Cc1ccc(-c2cn3cc(Br)cc(C)c3n2)o1. The van der Waals surface area contributed by atoms with E-state index < -0.39 is 0 Å². The number of aryl methyl sites for hydroxylation is 2. The number of rotatable bonds is 1. The fraction of sp³-hybridized carbons (Fsp3) is 0.154. The van der Waals surface area contributed by atoms with Crippen molar-refractivity contribution in [3.63, 3.8) is 0 Å². The zero-order valence-electron chi connectivity index (χ0n) is 9.57. The van der Waals surface area contributed by atoms with Crippen LogP contribution in [0.15, 0.2) is 39.5 Å². The molecule has 3 aromatic rings. The summed E-state index contributed by atoms with van der Waals surface area (Å²) in [4.78, 5) is 4.59. The third-order valence-electron chi connectivity index (χ3n) is 2.69. The fourth-order valence-electron chi connectivity index (χ4n) is 1.92. The number of hydrogen-bond acceptors (Lipinski definition) is 2.